The summed E-state index contributed by atoms with van der Waals surface area (Å²) in [5.74, 6) is -1.24. The molecule has 0 nitrogen and oxygen atoms in total. The van der Waals surface area contributed by atoms with Crippen molar-refractivity contribution in [2.75, 3.05) is 0 Å². The zero-order valence-electron chi connectivity index (χ0n) is 11.2. The molecule has 0 N–H and O–H groups in total. The normalized spacial score (nSPS) is 22.8. The molecule has 18 heavy (non-hydrogen) atoms. The lowest BCUT2D eigenvalue weighted by Gasteiger charge is -2.12. The fourth-order valence-electron chi connectivity index (χ4n) is 3.19. The van der Waals surface area contributed by atoms with Gasteiger partial charge in [0.1, 0.15) is 0 Å². The summed E-state index contributed by atoms with van der Waals surface area (Å²) in [6.45, 7) is 8.70. The molecular formula is C15H19ClF2. The Hall–Kier alpha value is -0.630. The van der Waals surface area contributed by atoms with Crippen molar-refractivity contribution in [1.29, 1.82) is 0 Å². The van der Waals surface area contributed by atoms with Crippen molar-refractivity contribution < 1.29 is 8.78 Å². The molecule has 1 atom stereocenters. The van der Waals surface area contributed by atoms with Crippen molar-refractivity contribution in [1.82, 2.24) is 0 Å². The maximum atomic E-state index is 13.6. The van der Waals surface area contributed by atoms with Gasteiger partial charge in [0, 0.05) is 5.38 Å². The van der Waals surface area contributed by atoms with E-state index in [1.54, 1.807) is 6.07 Å². The SMILES string of the molecule is CC1(C)C(C(Cl)Cc2cccc(F)c2F)C1(C)C. The highest BCUT2D eigenvalue weighted by atomic mass is 35.5. The first-order valence-electron chi connectivity index (χ1n) is 6.26. The molecule has 1 aromatic carbocycles. The fourth-order valence-corrected chi connectivity index (χ4v) is 3.98. The van der Waals surface area contributed by atoms with Crippen molar-refractivity contribution >= 4 is 11.6 Å². The van der Waals surface area contributed by atoms with Gasteiger partial charge in [0.05, 0.1) is 0 Å². The van der Waals surface area contributed by atoms with Crippen molar-refractivity contribution in [3.05, 3.63) is 35.4 Å². The molecule has 100 valence electrons. The van der Waals surface area contributed by atoms with Gasteiger partial charge in [-0.05, 0) is 34.8 Å². The first kappa shape index (κ1) is 13.8. The minimum Gasteiger partial charge on any atom is -0.204 e. The van der Waals surface area contributed by atoms with Crippen LogP contribution >= 0.6 is 11.6 Å². The highest BCUT2D eigenvalue weighted by Crippen LogP contribution is 2.70. The van der Waals surface area contributed by atoms with Crippen LogP contribution in [0, 0.1) is 28.4 Å². The lowest BCUT2D eigenvalue weighted by atomic mass is 10.0. The van der Waals surface area contributed by atoms with Crippen LogP contribution in [0.1, 0.15) is 33.3 Å². The van der Waals surface area contributed by atoms with E-state index >= 15 is 0 Å². The van der Waals surface area contributed by atoms with Crippen molar-refractivity contribution in [2.24, 2.45) is 16.7 Å². The Labute approximate surface area is 112 Å². The van der Waals surface area contributed by atoms with Gasteiger partial charge in [0.25, 0.3) is 0 Å². The summed E-state index contributed by atoms with van der Waals surface area (Å²) in [6.07, 6.45) is 0.378. The van der Waals surface area contributed by atoms with Crippen LogP contribution in [0.3, 0.4) is 0 Å². The summed E-state index contributed by atoms with van der Waals surface area (Å²) in [5, 5.41) is -0.161. The second kappa shape index (κ2) is 4.19. The molecule has 3 heteroatoms. The van der Waals surface area contributed by atoms with Gasteiger partial charge in [0.2, 0.25) is 0 Å². The Morgan fingerprint density at radius 2 is 1.72 bits per heavy atom. The van der Waals surface area contributed by atoms with E-state index in [4.69, 9.17) is 11.6 Å². The third-order valence-corrected chi connectivity index (χ3v) is 5.35. The number of hydrogen-bond donors (Lipinski definition) is 0. The molecule has 0 aliphatic heterocycles. The van der Waals surface area contributed by atoms with Gasteiger partial charge in [-0.1, -0.05) is 39.8 Å². The third-order valence-electron chi connectivity index (χ3n) is 4.94. The third kappa shape index (κ3) is 1.95. The minimum atomic E-state index is -0.800. The van der Waals surface area contributed by atoms with Crippen molar-refractivity contribution in [2.45, 2.75) is 39.5 Å². The maximum Gasteiger partial charge on any atom is 0.162 e. The number of alkyl halides is 1. The number of halogens is 3. The monoisotopic (exact) mass is 272 g/mol. The second-order valence-electron chi connectivity index (χ2n) is 6.35. The van der Waals surface area contributed by atoms with Crippen LogP contribution in [-0.2, 0) is 6.42 Å². The number of hydrogen-bond acceptors (Lipinski definition) is 0. The average Bonchev–Trinajstić information content (AvgIpc) is 2.65. The van der Waals surface area contributed by atoms with E-state index in [9.17, 15) is 8.78 Å². The van der Waals surface area contributed by atoms with Gasteiger partial charge in [-0.2, -0.15) is 0 Å². The minimum absolute atomic E-state index is 0.156. The van der Waals surface area contributed by atoms with Crippen LogP contribution in [0.15, 0.2) is 18.2 Å². The van der Waals surface area contributed by atoms with Gasteiger partial charge in [-0.25, -0.2) is 8.78 Å². The Bertz CT molecular complexity index is 452. The van der Waals surface area contributed by atoms with Crippen LogP contribution in [-0.4, -0.2) is 5.38 Å². The number of rotatable bonds is 3. The van der Waals surface area contributed by atoms with Gasteiger partial charge < -0.3 is 0 Å². The summed E-state index contributed by atoms with van der Waals surface area (Å²) in [4.78, 5) is 0. The Morgan fingerprint density at radius 3 is 2.22 bits per heavy atom. The predicted octanol–water partition coefficient (Wildman–Crippen LogP) is 4.80. The van der Waals surface area contributed by atoms with E-state index in [2.05, 4.69) is 27.7 Å². The molecule has 2 rings (SSSR count). The first-order chi connectivity index (χ1) is 8.19. The highest BCUT2D eigenvalue weighted by molar-refractivity contribution is 6.21. The van der Waals surface area contributed by atoms with Gasteiger partial charge in [-0.3, -0.25) is 0 Å². The van der Waals surface area contributed by atoms with E-state index in [0.717, 1.165) is 6.07 Å². The van der Waals surface area contributed by atoms with E-state index in [1.807, 2.05) is 0 Å². The standard InChI is InChI=1S/C15H19ClF2/c1-14(2)13(15(14,3)4)10(16)8-9-6-5-7-11(17)12(9)18/h5-7,10,13H,8H2,1-4H3. The lowest BCUT2D eigenvalue weighted by Crippen LogP contribution is -2.12. The molecule has 1 unspecified atom stereocenters. The maximum absolute atomic E-state index is 13.6. The van der Waals surface area contributed by atoms with E-state index < -0.39 is 11.6 Å². The summed E-state index contributed by atoms with van der Waals surface area (Å²) >= 11 is 6.42. The van der Waals surface area contributed by atoms with Crippen molar-refractivity contribution in [3.8, 4) is 0 Å². The summed E-state index contributed by atoms with van der Waals surface area (Å²) in [7, 11) is 0. The van der Waals surface area contributed by atoms with Gasteiger partial charge in [-0.15, -0.1) is 11.6 Å². The molecule has 0 heterocycles. The molecule has 1 saturated carbocycles. The van der Waals surface area contributed by atoms with Crippen LogP contribution in [0.25, 0.3) is 0 Å². The lowest BCUT2D eigenvalue weighted by molar-refractivity contribution is 0.457. The number of benzene rings is 1. The van der Waals surface area contributed by atoms with Crippen LogP contribution in [0.2, 0.25) is 0 Å². The average molecular weight is 273 g/mol. The molecule has 0 radical (unpaired) electrons. The summed E-state index contributed by atoms with van der Waals surface area (Å²) in [5.41, 5.74) is 0.681. The van der Waals surface area contributed by atoms with Crippen LogP contribution in [0.5, 0.6) is 0 Å². The quantitative estimate of drug-likeness (QED) is 0.694. The summed E-state index contributed by atoms with van der Waals surface area (Å²) < 4.78 is 26.7. The molecular weight excluding hydrogens is 254 g/mol. The summed E-state index contributed by atoms with van der Waals surface area (Å²) in [6, 6.07) is 4.27. The molecule has 0 bridgehead atoms. The van der Waals surface area contributed by atoms with Crippen LogP contribution in [0.4, 0.5) is 8.78 Å². The predicted molar refractivity (Wildman–Crippen MR) is 70.8 cm³/mol. The molecule has 0 saturated heterocycles. The van der Waals surface area contributed by atoms with E-state index in [1.165, 1.54) is 6.07 Å². The zero-order chi connectivity index (χ0) is 13.7. The van der Waals surface area contributed by atoms with Gasteiger partial charge in [0.15, 0.2) is 11.6 Å². The smallest absolute Gasteiger partial charge is 0.162 e. The first-order valence-corrected chi connectivity index (χ1v) is 6.70. The van der Waals surface area contributed by atoms with Gasteiger partial charge >= 0.3 is 0 Å². The Morgan fingerprint density at radius 1 is 1.17 bits per heavy atom. The molecule has 1 fully saturated rings. The molecule has 1 aliphatic rings. The molecule has 0 spiro atoms. The van der Waals surface area contributed by atoms with Crippen LogP contribution < -0.4 is 0 Å². The molecule has 1 aromatic rings. The largest absolute Gasteiger partial charge is 0.204 e. The van der Waals surface area contributed by atoms with E-state index in [-0.39, 0.29) is 16.2 Å². The van der Waals surface area contributed by atoms with Crippen molar-refractivity contribution in [3.63, 3.8) is 0 Å². The Kier molecular flexibility index (Phi) is 3.21. The topological polar surface area (TPSA) is 0 Å². The molecule has 0 amide bonds. The zero-order valence-corrected chi connectivity index (χ0v) is 12.0. The van der Waals surface area contributed by atoms with E-state index in [0.29, 0.717) is 17.9 Å². The molecule has 1 aliphatic carbocycles. The fraction of sp³-hybridized carbons (Fsp3) is 0.600. The Balaban J connectivity index is 2.14. The molecule has 0 aromatic heterocycles. The highest BCUT2D eigenvalue weighted by Gasteiger charge is 2.66. The second-order valence-corrected chi connectivity index (χ2v) is 6.91.